The summed E-state index contributed by atoms with van der Waals surface area (Å²) < 4.78 is 32.6. The van der Waals surface area contributed by atoms with Crippen LogP contribution in [0.2, 0.25) is 0 Å². The molecular weight excluding hydrogens is 296 g/mol. The van der Waals surface area contributed by atoms with Crippen LogP contribution >= 0.6 is 11.3 Å². The largest absolute Gasteiger partial charge is 0.495 e. The van der Waals surface area contributed by atoms with E-state index in [0.29, 0.717) is 18.0 Å². The highest BCUT2D eigenvalue weighted by atomic mass is 32.2. The Balaban J connectivity index is 2.26. The lowest BCUT2D eigenvalue weighted by Gasteiger charge is -2.10. The minimum absolute atomic E-state index is 0.286. The number of hydrogen-bond acceptors (Lipinski definition) is 5. The van der Waals surface area contributed by atoms with Gasteiger partial charge in [-0.15, -0.1) is 11.3 Å². The van der Waals surface area contributed by atoms with Crippen LogP contribution in [0, 0.1) is 0 Å². The minimum atomic E-state index is -3.58. The molecule has 20 heavy (non-hydrogen) atoms. The molecule has 0 radical (unpaired) electrons. The molecule has 7 heteroatoms. The highest BCUT2D eigenvalue weighted by molar-refractivity contribution is 7.94. The average molecular weight is 312 g/mol. The summed E-state index contributed by atoms with van der Waals surface area (Å²) in [5.41, 5.74) is 1.37. The first kappa shape index (κ1) is 14.8. The molecule has 1 aromatic carbocycles. The number of anilines is 1. The van der Waals surface area contributed by atoms with E-state index in [9.17, 15) is 8.42 Å². The zero-order valence-corrected chi connectivity index (χ0v) is 12.8. The molecule has 2 N–H and O–H groups in total. The van der Waals surface area contributed by atoms with E-state index in [0.717, 1.165) is 5.56 Å². The first-order chi connectivity index (χ1) is 9.56. The molecule has 5 nitrogen and oxygen atoms in total. The van der Waals surface area contributed by atoms with Gasteiger partial charge in [-0.05, 0) is 36.2 Å². The van der Waals surface area contributed by atoms with E-state index in [-0.39, 0.29) is 4.21 Å². The summed E-state index contributed by atoms with van der Waals surface area (Å²) >= 11 is 1.20. The first-order valence-electron chi connectivity index (χ1n) is 5.94. The van der Waals surface area contributed by atoms with Gasteiger partial charge in [0, 0.05) is 6.54 Å². The number of nitrogens with one attached hydrogen (secondary N) is 2. The molecule has 1 aromatic heterocycles. The Morgan fingerprint density at radius 3 is 2.75 bits per heavy atom. The molecule has 0 saturated heterocycles. The summed E-state index contributed by atoms with van der Waals surface area (Å²) in [4.78, 5) is 0. The fourth-order valence-corrected chi connectivity index (χ4v) is 3.99. The van der Waals surface area contributed by atoms with Gasteiger partial charge in [0.1, 0.15) is 9.96 Å². The van der Waals surface area contributed by atoms with Crippen LogP contribution in [0.4, 0.5) is 5.69 Å². The quantitative estimate of drug-likeness (QED) is 0.859. The second-order valence-electron chi connectivity index (χ2n) is 4.11. The van der Waals surface area contributed by atoms with Crippen LogP contribution in [0.1, 0.15) is 5.56 Å². The Hall–Kier alpha value is -1.57. The Labute approximate surface area is 122 Å². The second kappa shape index (κ2) is 6.25. The molecule has 0 atom stereocenters. The van der Waals surface area contributed by atoms with E-state index in [2.05, 4.69) is 10.0 Å². The maximum absolute atomic E-state index is 12.3. The number of thiophene rings is 1. The van der Waals surface area contributed by atoms with E-state index in [1.165, 1.54) is 18.4 Å². The maximum atomic E-state index is 12.3. The highest BCUT2D eigenvalue weighted by Crippen LogP contribution is 2.28. The number of methoxy groups -OCH3 is 1. The van der Waals surface area contributed by atoms with Crippen molar-refractivity contribution < 1.29 is 13.2 Å². The van der Waals surface area contributed by atoms with E-state index in [1.54, 1.807) is 30.3 Å². The van der Waals surface area contributed by atoms with Crippen molar-refractivity contribution >= 4 is 27.0 Å². The van der Waals surface area contributed by atoms with Gasteiger partial charge < -0.3 is 10.1 Å². The van der Waals surface area contributed by atoms with Crippen molar-refractivity contribution in [1.82, 2.24) is 5.32 Å². The topological polar surface area (TPSA) is 67.4 Å². The molecule has 1 heterocycles. The normalized spacial score (nSPS) is 11.3. The van der Waals surface area contributed by atoms with Crippen molar-refractivity contribution in [1.29, 1.82) is 0 Å². The molecule has 2 rings (SSSR count). The molecule has 0 bridgehead atoms. The van der Waals surface area contributed by atoms with E-state index in [4.69, 9.17) is 4.74 Å². The molecule has 2 aromatic rings. The SMILES string of the molecule is CNCc1csc(S(=O)(=O)Nc2ccccc2OC)c1. The summed E-state index contributed by atoms with van der Waals surface area (Å²) in [6.45, 7) is 0.640. The van der Waals surface area contributed by atoms with Crippen molar-refractivity contribution in [3.63, 3.8) is 0 Å². The molecule has 0 fully saturated rings. The van der Waals surface area contributed by atoms with Gasteiger partial charge in [0.25, 0.3) is 10.0 Å². The summed E-state index contributed by atoms with van der Waals surface area (Å²) in [6.07, 6.45) is 0. The lowest BCUT2D eigenvalue weighted by atomic mass is 10.3. The number of para-hydroxylation sites is 2. The molecular formula is C13H16N2O3S2. The Kier molecular flexibility index (Phi) is 4.64. The van der Waals surface area contributed by atoms with Gasteiger partial charge in [-0.25, -0.2) is 8.42 Å². The van der Waals surface area contributed by atoms with E-state index < -0.39 is 10.0 Å². The minimum Gasteiger partial charge on any atom is -0.495 e. The predicted molar refractivity (Wildman–Crippen MR) is 80.9 cm³/mol. The summed E-state index contributed by atoms with van der Waals surface area (Å²) in [5.74, 6) is 0.489. The van der Waals surface area contributed by atoms with Crippen LogP contribution < -0.4 is 14.8 Å². The van der Waals surface area contributed by atoms with Gasteiger partial charge in [-0.3, -0.25) is 4.72 Å². The summed E-state index contributed by atoms with van der Waals surface area (Å²) in [6, 6.07) is 8.57. The Morgan fingerprint density at radius 1 is 1.30 bits per heavy atom. The number of ether oxygens (including phenoxy) is 1. The smallest absolute Gasteiger partial charge is 0.271 e. The molecule has 0 spiro atoms. The van der Waals surface area contributed by atoms with Crippen LogP contribution in [0.3, 0.4) is 0 Å². The molecule has 108 valence electrons. The number of hydrogen-bond donors (Lipinski definition) is 2. The van der Waals surface area contributed by atoms with Crippen molar-refractivity contribution in [2.24, 2.45) is 0 Å². The molecule has 0 aliphatic rings. The third-order valence-corrected chi connectivity index (χ3v) is 5.48. The van der Waals surface area contributed by atoms with Gasteiger partial charge in [-0.1, -0.05) is 12.1 Å². The predicted octanol–water partition coefficient (Wildman–Crippen LogP) is 2.28. The Morgan fingerprint density at radius 2 is 2.05 bits per heavy atom. The van der Waals surface area contributed by atoms with Gasteiger partial charge in [0.15, 0.2) is 0 Å². The second-order valence-corrected chi connectivity index (χ2v) is 6.93. The Bertz CT molecular complexity index is 680. The standard InChI is InChI=1S/C13H16N2O3S2/c1-14-8-10-7-13(19-9-10)20(16,17)15-11-5-3-4-6-12(11)18-2/h3-7,9,14-15H,8H2,1-2H3. The fraction of sp³-hybridized carbons (Fsp3) is 0.231. The highest BCUT2D eigenvalue weighted by Gasteiger charge is 2.18. The van der Waals surface area contributed by atoms with Crippen LogP contribution in [-0.2, 0) is 16.6 Å². The number of rotatable bonds is 6. The van der Waals surface area contributed by atoms with Crippen molar-refractivity contribution in [2.75, 3.05) is 18.9 Å². The van der Waals surface area contributed by atoms with Crippen molar-refractivity contribution in [3.05, 3.63) is 41.3 Å². The average Bonchev–Trinajstić information content (AvgIpc) is 2.89. The lowest BCUT2D eigenvalue weighted by Crippen LogP contribution is -2.12. The van der Waals surface area contributed by atoms with Crippen LogP contribution in [0.25, 0.3) is 0 Å². The van der Waals surface area contributed by atoms with Gasteiger partial charge in [0.2, 0.25) is 0 Å². The third kappa shape index (κ3) is 3.30. The summed E-state index contributed by atoms with van der Waals surface area (Å²) in [7, 11) is -0.261. The molecule has 0 aliphatic heterocycles. The zero-order valence-electron chi connectivity index (χ0n) is 11.2. The van der Waals surface area contributed by atoms with Crippen molar-refractivity contribution in [2.45, 2.75) is 10.8 Å². The maximum Gasteiger partial charge on any atom is 0.271 e. The molecule has 0 aliphatic carbocycles. The van der Waals surface area contributed by atoms with Crippen molar-refractivity contribution in [3.8, 4) is 5.75 Å². The van der Waals surface area contributed by atoms with E-state index >= 15 is 0 Å². The van der Waals surface area contributed by atoms with Crippen LogP contribution in [0.15, 0.2) is 39.9 Å². The van der Waals surface area contributed by atoms with E-state index in [1.807, 2.05) is 12.4 Å². The van der Waals surface area contributed by atoms with Crippen LogP contribution in [0.5, 0.6) is 5.75 Å². The third-order valence-electron chi connectivity index (χ3n) is 2.63. The zero-order chi connectivity index (χ0) is 14.6. The molecule has 0 amide bonds. The number of sulfonamides is 1. The van der Waals surface area contributed by atoms with Gasteiger partial charge in [0.05, 0.1) is 12.8 Å². The molecule has 0 unspecified atom stereocenters. The monoisotopic (exact) mass is 312 g/mol. The molecule has 0 saturated carbocycles. The van der Waals surface area contributed by atoms with Gasteiger partial charge >= 0.3 is 0 Å². The fourth-order valence-electron chi connectivity index (χ4n) is 1.71. The number of benzene rings is 1. The van der Waals surface area contributed by atoms with Crippen LogP contribution in [-0.4, -0.2) is 22.6 Å². The summed E-state index contributed by atoms with van der Waals surface area (Å²) in [5, 5.41) is 4.81. The first-order valence-corrected chi connectivity index (χ1v) is 8.31. The lowest BCUT2D eigenvalue weighted by molar-refractivity contribution is 0.417. The van der Waals surface area contributed by atoms with Gasteiger partial charge in [-0.2, -0.15) is 0 Å².